The molecule has 0 unspecified atom stereocenters. The summed E-state index contributed by atoms with van der Waals surface area (Å²) in [5, 5.41) is 11.2. The number of benzene rings is 1. The van der Waals surface area contributed by atoms with Crippen LogP contribution in [0.5, 0.6) is 0 Å². The molecule has 0 saturated heterocycles. The molecule has 1 aliphatic rings. The van der Waals surface area contributed by atoms with Gasteiger partial charge in [-0.3, -0.25) is 0 Å². The summed E-state index contributed by atoms with van der Waals surface area (Å²) in [7, 11) is 0. The molecule has 0 atom stereocenters. The molecule has 21 heavy (non-hydrogen) atoms. The second-order valence-corrected chi connectivity index (χ2v) is 6.23. The molecule has 1 aliphatic carbocycles. The lowest BCUT2D eigenvalue weighted by atomic mass is 10.3. The van der Waals surface area contributed by atoms with Crippen LogP contribution in [0.25, 0.3) is 16.9 Å². The van der Waals surface area contributed by atoms with Gasteiger partial charge in [0.25, 0.3) is 0 Å². The molecule has 0 aliphatic heterocycles. The lowest BCUT2D eigenvalue weighted by molar-refractivity contribution is 0.685. The zero-order valence-corrected chi connectivity index (χ0v) is 12.4. The van der Waals surface area contributed by atoms with Crippen molar-refractivity contribution in [3.05, 3.63) is 53.1 Å². The van der Waals surface area contributed by atoms with Crippen LogP contribution in [0.3, 0.4) is 0 Å². The third kappa shape index (κ3) is 2.89. The lowest BCUT2D eigenvalue weighted by Crippen LogP contribution is -2.14. The number of aromatic nitrogens is 3. The van der Waals surface area contributed by atoms with Crippen molar-refractivity contribution in [1.29, 1.82) is 0 Å². The molecule has 2 heterocycles. The second kappa shape index (κ2) is 5.42. The van der Waals surface area contributed by atoms with Gasteiger partial charge in [0, 0.05) is 29.7 Å². The molecule has 1 saturated carbocycles. The van der Waals surface area contributed by atoms with Crippen LogP contribution in [0.4, 0.5) is 0 Å². The number of hydrogen-bond donors (Lipinski definition) is 1. The number of para-hydroxylation sites is 1. The zero-order chi connectivity index (χ0) is 14.1. The van der Waals surface area contributed by atoms with Gasteiger partial charge < -0.3 is 5.32 Å². The number of hydrogen-bond acceptors (Lipinski definition) is 4. The maximum Gasteiger partial charge on any atom is 0.107 e. The first-order valence-corrected chi connectivity index (χ1v) is 8.05. The Bertz CT molecular complexity index is 728. The molecule has 0 spiro atoms. The van der Waals surface area contributed by atoms with Crippen LogP contribution in [0.2, 0.25) is 0 Å². The molecular weight excluding hydrogens is 280 g/mol. The van der Waals surface area contributed by atoms with E-state index >= 15 is 0 Å². The fraction of sp³-hybridized carbons (Fsp3) is 0.250. The van der Waals surface area contributed by atoms with E-state index in [1.165, 1.54) is 12.8 Å². The Kier molecular flexibility index (Phi) is 3.29. The number of nitrogens with one attached hydrogen (secondary N) is 1. The first-order valence-electron chi connectivity index (χ1n) is 7.17. The van der Waals surface area contributed by atoms with Gasteiger partial charge in [-0.15, -0.1) is 11.3 Å². The summed E-state index contributed by atoms with van der Waals surface area (Å²) < 4.78 is 1.89. The average Bonchev–Trinajstić information content (AvgIpc) is 3.03. The van der Waals surface area contributed by atoms with Crippen LogP contribution in [0, 0.1) is 0 Å². The van der Waals surface area contributed by atoms with Crippen molar-refractivity contribution in [2.75, 3.05) is 0 Å². The predicted octanol–water partition coefficient (Wildman–Crippen LogP) is 3.25. The molecule has 4 nitrogen and oxygen atoms in total. The molecule has 0 amide bonds. The van der Waals surface area contributed by atoms with E-state index in [2.05, 4.69) is 20.8 Å². The van der Waals surface area contributed by atoms with Crippen molar-refractivity contribution in [2.45, 2.75) is 25.4 Å². The summed E-state index contributed by atoms with van der Waals surface area (Å²) in [6.45, 7) is 0.877. The summed E-state index contributed by atoms with van der Waals surface area (Å²) in [5.74, 6) is 0. The highest BCUT2D eigenvalue weighted by molar-refractivity contribution is 7.09. The highest BCUT2D eigenvalue weighted by Gasteiger charge is 2.20. The maximum atomic E-state index is 4.69. The highest BCUT2D eigenvalue weighted by atomic mass is 32.1. The van der Waals surface area contributed by atoms with E-state index in [1.807, 2.05) is 47.4 Å². The zero-order valence-electron chi connectivity index (χ0n) is 11.6. The third-order valence-corrected chi connectivity index (χ3v) is 4.42. The summed E-state index contributed by atoms with van der Waals surface area (Å²) in [6, 6.07) is 10.8. The largest absolute Gasteiger partial charge is 0.308 e. The summed E-state index contributed by atoms with van der Waals surface area (Å²) in [4.78, 5) is 4.69. The topological polar surface area (TPSA) is 42.7 Å². The Morgan fingerprint density at radius 3 is 2.90 bits per heavy atom. The Labute approximate surface area is 127 Å². The van der Waals surface area contributed by atoms with Gasteiger partial charge in [0.2, 0.25) is 0 Å². The van der Waals surface area contributed by atoms with Gasteiger partial charge in [0.15, 0.2) is 0 Å². The Hall–Kier alpha value is -1.98. The van der Waals surface area contributed by atoms with Crippen molar-refractivity contribution >= 4 is 11.3 Å². The van der Waals surface area contributed by atoms with Crippen molar-refractivity contribution in [1.82, 2.24) is 20.1 Å². The second-order valence-electron chi connectivity index (χ2n) is 5.29. The van der Waals surface area contributed by atoms with E-state index in [-0.39, 0.29) is 0 Å². The van der Waals surface area contributed by atoms with Crippen molar-refractivity contribution in [3.8, 4) is 16.9 Å². The Morgan fingerprint density at radius 1 is 1.24 bits per heavy atom. The summed E-state index contributed by atoms with van der Waals surface area (Å²) >= 11 is 1.71. The number of rotatable bonds is 5. The van der Waals surface area contributed by atoms with Crippen molar-refractivity contribution in [2.24, 2.45) is 0 Å². The summed E-state index contributed by atoms with van der Waals surface area (Å²) in [6.07, 6.45) is 6.52. The van der Waals surface area contributed by atoms with Gasteiger partial charge in [-0.1, -0.05) is 18.2 Å². The fourth-order valence-electron chi connectivity index (χ4n) is 2.22. The third-order valence-electron chi connectivity index (χ3n) is 3.57. The maximum absolute atomic E-state index is 4.69. The molecule has 2 aromatic heterocycles. The van der Waals surface area contributed by atoms with Crippen LogP contribution in [-0.4, -0.2) is 20.8 Å². The van der Waals surface area contributed by atoms with E-state index in [0.717, 1.165) is 34.5 Å². The molecule has 1 aromatic carbocycles. The minimum Gasteiger partial charge on any atom is -0.308 e. The Morgan fingerprint density at radius 2 is 2.10 bits per heavy atom. The first-order chi connectivity index (χ1) is 10.4. The Balaban J connectivity index is 1.52. The predicted molar refractivity (Wildman–Crippen MR) is 84.5 cm³/mol. The minimum absolute atomic E-state index is 0.721. The summed E-state index contributed by atoms with van der Waals surface area (Å²) in [5.41, 5.74) is 3.14. The molecular formula is C16H16N4S. The quantitative estimate of drug-likeness (QED) is 0.786. The van der Waals surface area contributed by atoms with E-state index in [4.69, 9.17) is 0 Å². The van der Waals surface area contributed by atoms with E-state index in [0.29, 0.717) is 0 Å². The fourth-order valence-corrected chi connectivity index (χ4v) is 2.97. The highest BCUT2D eigenvalue weighted by Crippen LogP contribution is 2.24. The molecule has 1 N–H and O–H groups in total. The minimum atomic E-state index is 0.721. The van der Waals surface area contributed by atoms with Crippen molar-refractivity contribution in [3.63, 3.8) is 0 Å². The molecule has 0 bridgehead atoms. The van der Waals surface area contributed by atoms with E-state index < -0.39 is 0 Å². The molecule has 4 rings (SSSR count). The molecule has 106 valence electrons. The van der Waals surface area contributed by atoms with Gasteiger partial charge in [0.1, 0.15) is 5.01 Å². The van der Waals surface area contributed by atoms with Gasteiger partial charge in [0.05, 0.1) is 17.6 Å². The van der Waals surface area contributed by atoms with Crippen LogP contribution in [0.15, 0.2) is 48.1 Å². The average molecular weight is 296 g/mol. The molecule has 1 fully saturated rings. The van der Waals surface area contributed by atoms with Crippen LogP contribution >= 0.6 is 11.3 Å². The molecule has 5 heteroatoms. The molecule has 3 aromatic rings. The van der Waals surface area contributed by atoms with Gasteiger partial charge >= 0.3 is 0 Å². The van der Waals surface area contributed by atoms with Crippen molar-refractivity contribution < 1.29 is 0 Å². The number of thiazole rings is 1. The van der Waals surface area contributed by atoms with E-state index in [9.17, 15) is 0 Å². The number of nitrogens with zero attached hydrogens (tertiary/aromatic N) is 3. The van der Waals surface area contributed by atoms with Gasteiger partial charge in [-0.05, 0) is 25.0 Å². The standard InChI is InChI=1S/C16H16N4S/c1-2-4-14(5-3-1)20-10-12(8-18-20)15-11-21-16(19-15)9-17-13-6-7-13/h1-5,8,10-11,13,17H,6-7,9H2. The van der Waals surface area contributed by atoms with E-state index in [1.54, 1.807) is 11.3 Å². The van der Waals surface area contributed by atoms with Crippen LogP contribution in [-0.2, 0) is 6.54 Å². The molecule has 0 radical (unpaired) electrons. The normalized spacial score (nSPS) is 14.5. The lowest BCUT2D eigenvalue weighted by Gasteiger charge is -1.98. The monoisotopic (exact) mass is 296 g/mol. The van der Waals surface area contributed by atoms with Gasteiger partial charge in [-0.2, -0.15) is 5.10 Å². The van der Waals surface area contributed by atoms with Gasteiger partial charge in [-0.25, -0.2) is 9.67 Å². The first kappa shape index (κ1) is 12.7. The van der Waals surface area contributed by atoms with Crippen LogP contribution in [0.1, 0.15) is 17.8 Å². The van der Waals surface area contributed by atoms with Crippen LogP contribution < -0.4 is 5.32 Å². The SMILES string of the molecule is c1ccc(-n2cc(-c3csc(CNC4CC4)n3)cn2)cc1. The smallest absolute Gasteiger partial charge is 0.107 e.